The van der Waals surface area contributed by atoms with E-state index < -0.39 is 35.7 Å². The summed E-state index contributed by atoms with van der Waals surface area (Å²) in [5, 5.41) is 40.5. The predicted octanol–water partition coefficient (Wildman–Crippen LogP) is 7.87. The Labute approximate surface area is 229 Å². The maximum absolute atomic E-state index is 11.5. The van der Waals surface area contributed by atoms with Crippen LogP contribution in [-0.4, -0.2) is 24.4 Å². The van der Waals surface area contributed by atoms with Crippen molar-refractivity contribution in [1.29, 1.82) is 10.8 Å². The van der Waals surface area contributed by atoms with Crippen molar-refractivity contribution in [2.45, 2.75) is 0 Å². The van der Waals surface area contributed by atoms with Crippen molar-refractivity contribution in [3.8, 4) is 23.7 Å². The van der Waals surface area contributed by atoms with Crippen molar-refractivity contribution in [3.63, 3.8) is 0 Å². The van der Waals surface area contributed by atoms with Crippen molar-refractivity contribution in [1.82, 2.24) is 0 Å². The Hall–Kier alpha value is -6.01. The summed E-state index contributed by atoms with van der Waals surface area (Å²) in [6, 6.07) is 14.1. The average Bonchev–Trinajstić information content (AvgIpc) is 2.89. The molecule has 0 aliphatic heterocycles. The second-order valence-electron chi connectivity index (χ2n) is 7.18. The molecule has 20 heteroatoms. The van der Waals surface area contributed by atoms with E-state index in [-0.39, 0.29) is 11.1 Å². The highest BCUT2D eigenvalue weighted by atomic mass is 19.5. The van der Waals surface area contributed by atoms with Gasteiger partial charge in [0.25, 0.3) is 11.4 Å². The van der Waals surface area contributed by atoms with E-state index in [9.17, 15) is 54.8 Å². The largest absolute Gasteiger partial charge is 0.673 e. The van der Waals surface area contributed by atoms with E-state index >= 15 is 0 Å². The number of diazo groups is 2. The zero-order chi connectivity index (χ0) is 32.1. The normalized spacial score (nSPS) is 9.86. The summed E-state index contributed by atoms with van der Waals surface area (Å²) in [5.74, 6) is 10.6. The predicted molar refractivity (Wildman–Crippen MR) is 134 cm³/mol. The number of nitro benzene ring substituents is 2. The SMILES string of the molecule is F[B-](F)(F)F.F[B-](F)(F)F.N#[N+]c1ccc(C#Cc2cc([N+](=O)[O-])c(C#Cc3ccc([N+]#N)cc3)cc2[N+](=O)[O-])cc1. The molecule has 0 unspecified atom stereocenters. The zero-order valence-electron chi connectivity index (χ0n) is 20.3. The van der Waals surface area contributed by atoms with Crippen LogP contribution >= 0.6 is 0 Å². The van der Waals surface area contributed by atoms with Crippen LogP contribution in [0.25, 0.3) is 9.95 Å². The minimum atomic E-state index is -6.00. The summed E-state index contributed by atoms with van der Waals surface area (Å²) in [5.41, 5.74) is 0.412. The van der Waals surface area contributed by atoms with E-state index in [1.807, 2.05) is 0 Å². The molecule has 0 fully saturated rings. The van der Waals surface area contributed by atoms with Gasteiger partial charge in [-0.15, -0.1) is 0 Å². The third-order valence-electron chi connectivity index (χ3n) is 4.16. The number of benzene rings is 3. The number of hydrogen-bond donors (Lipinski definition) is 0. The summed E-state index contributed by atoms with van der Waals surface area (Å²) >= 11 is 0. The minimum Gasteiger partial charge on any atom is -0.418 e. The van der Waals surface area contributed by atoms with Crippen LogP contribution in [0.2, 0.25) is 0 Å². The number of nitrogens with zero attached hydrogens (tertiary/aromatic N) is 6. The molecule has 214 valence electrons. The minimum absolute atomic E-state index is 0.142. The smallest absolute Gasteiger partial charge is 0.418 e. The molecule has 0 radical (unpaired) electrons. The monoisotopic (exact) mass is 596 g/mol. The van der Waals surface area contributed by atoms with Gasteiger partial charge >= 0.3 is 25.9 Å². The van der Waals surface area contributed by atoms with Crippen LogP contribution in [-0.2, 0) is 0 Å². The molecule has 3 aromatic carbocycles. The molecule has 0 aromatic heterocycles. The molecule has 3 aromatic rings. The summed E-state index contributed by atoms with van der Waals surface area (Å²) in [6.07, 6.45) is 0. The molecule has 0 N–H and O–H groups in total. The first-order chi connectivity index (χ1) is 19.4. The first-order valence-corrected chi connectivity index (χ1v) is 10.6. The lowest BCUT2D eigenvalue weighted by Gasteiger charge is -2.00. The Morgan fingerprint density at radius 1 is 0.571 bits per heavy atom. The Kier molecular flexibility index (Phi) is 12.1. The maximum Gasteiger partial charge on any atom is 0.673 e. The fourth-order valence-electron chi connectivity index (χ4n) is 2.58. The summed E-state index contributed by atoms with van der Waals surface area (Å²) in [6.45, 7) is 0. The molecule has 10 nitrogen and oxygen atoms in total. The molecule has 0 bridgehead atoms. The first-order valence-electron chi connectivity index (χ1n) is 10.6. The van der Waals surface area contributed by atoms with Crippen molar-refractivity contribution in [2.75, 3.05) is 0 Å². The van der Waals surface area contributed by atoms with E-state index in [0.29, 0.717) is 22.5 Å². The third kappa shape index (κ3) is 13.7. The quantitative estimate of drug-likeness (QED) is 0.0736. The standard InChI is InChI=1S/C22H10N6O4.2BF4/c23-25-19-9-3-15(4-10-19)1-7-17-13-22(28(31)32)18(14-21(17)27(29)30)8-2-16-5-11-20(26-24)12-6-16;2*2-1(3,4)5/h3-6,9-14H;;/q+2;2*-1. The highest BCUT2D eigenvalue weighted by Gasteiger charge is 2.23. The van der Waals surface area contributed by atoms with Gasteiger partial charge in [0.1, 0.15) is 11.1 Å². The van der Waals surface area contributed by atoms with Crippen LogP contribution in [0, 0.1) is 54.7 Å². The van der Waals surface area contributed by atoms with Crippen LogP contribution in [0.3, 0.4) is 0 Å². The summed E-state index contributed by atoms with van der Waals surface area (Å²) < 4.78 is 78.0. The Bertz CT molecular complexity index is 1530. The van der Waals surface area contributed by atoms with Crippen molar-refractivity contribution in [2.24, 2.45) is 0 Å². The highest BCUT2D eigenvalue weighted by molar-refractivity contribution is 6.50. The van der Waals surface area contributed by atoms with E-state index in [1.165, 1.54) is 48.5 Å². The summed E-state index contributed by atoms with van der Waals surface area (Å²) in [7, 11) is -12.0. The molecule has 0 aliphatic rings. The van der Waals surface area contributed by atoms with Crippen molar-refractivity contribution >= 4 is 37.3 Å². The van der Waals surface area contributed by atoms with Crippen LogP contribution < -0.4 is 0 Å². The fourth-order valence-corrected chi connectivity index (χ4v) is 2.58. The second-order valence-corrected chi connectivity index (χ2v) is 7.18. The van der Waals surface area contributed by atoms with Gasteiger partial charge in [-0.25, -0.2) is 0 Å². The van der Waals surface area contributed by atoms with Crippen LogP contribution in [0.15, 0.2) is 60.7 Å². The first kappa shape index (κ1) is 34.0. The van der Waals surface area contributed by atoms with Crippen molar-refractivity contribution in [3.05, 3.63) is 113 Å². The molecule has 3 rings (SSSR count). The molecule has 0 amide bonds. The van der Waals surface area contributed by atoms with Gasteiger partial charge in [0, 0.05) is 47.5 Å². The van der Waals surface area contributed by atoms with Gasteiger partial charge in [-0.05, 0) is 24.3 Å². The molecular formula is C22H10B2F8N6O4. The molecule has 0 aliphatic carbocycles. The Balaban J connectivity index is 0.000000759. The van der Waals surface area contributed by atoms with Gasteiger partial charge in [-0.1, -0.05) is 23.7 Å². The third-order valence-corrected chi connectivity index (χ3v) is 4.16. The zero-order valence-corrected chi connectivity index (χ0v) is 20.3. The lowest BCUT2D eigenvalue weighted by atomic mass is 10.1. The fraction of sp³-hybridized carbons (Fsp3) is 0. The lowest BCUT2D eigenvalue weighted by Crippen LogP contribution is -2.02. The molecule has 0 saturated heterocycles. The molecule has 0 spiro atoms. The van der Waals surface area contributed by atoms with E-state index in [2.05, 4.69) is 33.6 Å². The van der Waals surface area contributed by atoms with Gasteiger partial charge in [-0.2, -0.15) is 0 Å². The second kappa shape index (κ2) is 15.0. The average molecular weight is 596 g/mol. The van der Waals surface area contributed by atoms with Gasteiger partial charge in [0.2, 0.25) is 10.8 Å². The van der Waals surface area contributed by atoms with Crippen LogP contribution in [0.5, 0.6) is 0 Å². The number of nitro groups is 2. The highest BCUT2D eigenvalue weighted by Crippen LogP contribution is 2.28. The molecule has 0 heterocycles. The number of halogens is 8. The van der Waals surface area contributed by atoms with E-state index in [0.717, 1.165) is 12.1 Å². The number of rotatable bonds is 2. The lowest BCUT2D eigenvalue weighted by molar-refractivity contribution is -0.389. The number of hydrogen-bond acceptors (Lipinski definition) is 6. The maximum atomic E-state index is 11.5. The summed E-state index contributed by atoms with van der Waals surface area (Å²) in [4.78, 5) is 27.7. The molecular weight excluding hydrogens is 586 g/mol. The topological polar surface area (TPSA) is 143 Å². The molecule has 0 saturated carbocycles. The van der Waals surface area contributed by atoms with E-state index in [4.69, 9.17) is 10.8 Å². The van der Waals surface area contributed by atoms with Gasteiger partial charge in [-0.3, -0.25) is 20.2 Å². The van der Waals surface area contributed by atoms with Gasteiger partial charge in [0.15, 0.2) is 9.95 Å². The van der Waals surface area contributed by atoms with E-state index in [1.54, 1.807) is 0 Å². The van der Waals surface area contributed by atoms with Gasteiger partial charge < -0.3 is 34.5 Å². The molecule has 42 heavy (non-hydrogen) atoms. The van der Waals surface area contributed by atoms with Gasteiger partial charge in [0.05, 0.1) is 9.85 Å². The van der Waals surface area contributed by atoms with Crippen LogP contribution in [0.1, 0.15) is 22.3 Å². The van der Waals surface area contributed by atoms with Crippen LogP contribution in [0.4, 0.5) is 57.3 Å². The van der Waals surface area contributed by atoms with Crippen molar-refractivity contribution < 1.29 is 44.4 Å². The Morgan fingerprint density at radius 2 is 0.833 bits per heavy atom. The Morgan fingerprint density at radius 3 is 1.05 bits per heavy atom. The molecule has 0 atom stereocenters.